The number of amides is 1. The molecule has 3 aromatic heterocycles. The van der Waals surface area contributed by atoms with E-state index in [0.717, 1.165) is 16.5 Å². The van der Waals surface area contributed by atoms with Crippen molar-refractivity contribution in [2.75, 3.05) is 0 Å². The number of aromatic nitrogens is 4. The number of H-pyrrole nitrogens is 1. The van der Waals surface area contributed by atoms with Crippen LogP contribution < -0.4 is 5.32 Å². The van der Waals surface area contributed by atoms with Crippen molar-refractivity contribution >= 4 is 50.9 Å². The largest absolute Gasteiger partial charge is 0.417 e. The van der Waals surface area contributed by atoms with Gasteiger partial charge < -0.3 is 14.7 Å². The molecule has 5 aromatic rings. The number of carbonyl (C=O) groups is 1. The van der Waals surface area contributed by atoms with Gasteiger partial charge in [0.05, 0.1) is 22.0 Å². The molecule has 5 rings (SSSR count). The number of benzene rings is 2. The Labute approximate surface area is 190 Å². The van der Waals surface area contributed by atoms with Gasteiger partial charge in [0.1, 0.15) is 5.82 Å². The number of carbonyl (C=O) groups excluding carboxylic acids is 1. The first-order valence-electron chi connectivity index (χ1n) is 9.56. The molecule has 7 nitrogen and oxygen atoms in total. The van der Waals surface area contributed by atoms with Gasteiger partial charge >= 0.3 is 11.8 Å². The number of hydrogen-bond donors (Lipinski definition) is 2. The Morgan fingerprint density at radius 2 is 2.03 bits per heavy atom. The van der Waals surface area contributed by atoms with E-state index in [2.05, 4.69) is 25.5 Å². The Morgan fingerprint density at radius 1 is 1.16 bits per heavy atom. The van der Waals surface area contributed by atoms with Crippen LogP contribution in [0.15, 0.2) is 53.2 Å². The third-order valence-corrected chi connectivity index (χ3v) is 5.49. The van der Waals surface area contributed by atoms with Crippen LogP contribution in [-0.4, -0.2) is 26.1 Å². The number of fused-ring (bicyclic) bond motifs is 2. The SMILES string of the molecule is O=C(NCc1cc2c(Cl)c[nH]c2cc1F)c1nnc(Cc2ccc3ncc(Cl)cc3c2)o1. The lowest BCUT2D eigenvalue weighted by atomic mass is 10.1. The summed E-state index contributed by atoms with van der Waals surface area (Å²) < 4.78 is 19.8. The van der Waals surface area contributed by atoms with Gasteiger partial charge in [-0.1, -0.05) is 29.3 Å². The number of hydrogen-bond acceptors (Lipinski definition) is 5. The predicted octanol–water partition coefficient (Wildman–Crippen LogP) is 5.07. The zero-order chi connectivity index (χ0) is 22.2. The molecule has 0 saturated heterocycles. The zero-order valence-electron chi connectivity index (χ0n) is 16.3. The maximum absolute atomic E-state index is 14.3. The second kappa shape index (κ2) is 8.22. The van der Waals surface area contributed by atoms with Crippen molar-refractivity contribution in [3.63, 3.8) is 0 Å². The van der Waals surface area contributed by atoms with Crippen molar-refractivity contribution < 1.29 is 13.6 Å². The van der Waals surface area contributed by atoms with Crippen molar-refractivity contribution in [1.82, 2.24) is 25.5 Å². The standard InChI is InChI=1S/C22H14Cl2FN5O2/c23-14-5-12-3-11(1-2-18(12)26-9-14)4-20-29-30-22(32-20)21(31)28-8-13-6-15-16(24)10-27-19(15)7-17(13)25/h1-3,5-7,9-10,27H,4,8H2,(H,28,31). The van der Waals surface area contributed by atoms with Crippen LogP contribution in [0.3, 0.4) is 0 Å². The van der Waals surface area contributed by atoms with Gasteiger partial charge in [-0.05, 0) is 35.9 Å². The van der Waals surface area contributed by atoms with E-state index in [4.69, 9.17) is 27.6 Å². The third-order valence-electron chi connectivity index (χ3n) is 4.97. The number of pyridine rings is 1. The summed E-state index contributed by atoms with van der Waals surface area (Å²) in [5.74, 6) is -0.991. The summed E-state index contributed by atoms with van der Waals surface area (Å²) in [6.07, 6.45) is 3.50. The zero-order valence-corrected chi connectivity index (χ0v) is 17.8. The lowest BCUT2D eigenvalue weighted by Crippen LogP contribution is -2.23. The van der Waals surface area contributed by atoms with E-state index in [1.807, 2.05) is 24.3 Å². The monoisotopic (exact) mass is 469 g/mol. The molecular weight excluding hydrogens is 456 g/mol. The lowest BCUT2D eigenvalue weighted by molar-refractivity contribution is 0.0914. The molecule has 0 aliphatic heterocycles. The third kappa shape index (κ3) is 4.02. The lowest BCUT2D eigenvalue weighted by Gasteiger charge is -2.05. The number of rotatable bonds is 5. The Kier molecular flexibility index (Phi) is 5.24. The quantitative estimate of drug-likeness (QED) is 0.374. The van der Waals surface area contributed by atoms with E-state index >= 15 is 0 Å². The maximum atomic E-state index is 14.3. The summed E-state index contributed by atoms with van der Waals surface area (Å²) in [5.41, 5.74) is 2.58. The molecule has 0 unspecified atom stereocenters. The van der Waals surface area contributed by atoms with E-state index in [1.54, 1.807) is 18.5 Å². The normalized spacial score (nSPS) is 11.3. The van der Waals surface area contributed by atoms with Crippen molar-refractivity contribution in [3.05, 3.63) is 87.6 Å². The minimum atomic E-state index is -0.599. The van der Waals surface area contributed by atoms with Gasteiger partial charge in [-0.25, -0.2) is 4.39 Å². The highest BCUT2D eigenvalue weighted by Gasteiger charge is 2.16. The molecule has 10 heteroatoms. The van der Waals surface area contributed by atoms with Crippen LogP contribution in [0.1, 0.15) is 27.7 Å². The minimum absolute atomic E-state index is 0.0573. The molecule has 0 aliphatic carbocycles. The predicted molar refractivity (Wildman–Crippen MR) is 118 cm³/mol. The van der Waals surface area contributed by atoms with Gasteiger partial charge in [0, 0.05) is 40.8 Å². The highest BCUT2D eigenvalue weighted by atomic mass is 35.5. The fraction of sp³-hybridized carbons (Fsp3) is 0.0909. The van der Waals surface area contributed by atoms with Gasteiger partial charge in [-0.2, -0.15) is 0 Å². The molecular formula is C22H14Cl2FN5O2. The topological polar surface area (TPSA) is 96.7 Å². The molecule has 0 bridgehead atoms. The summed E-state index contributed by atoms with van der Waals surface area (Å²) in [5, 5.41) is 12.9. The molecule has 32 heavy (non-hydrogen) atoms. The van der Waals surface area contributed by atoms with Crippen LogP contribution in [0.25, 0.3) is 21.8 Å². The van der Waals surface area contributed by atoms with Crippen LogP contribution in [0.4, 0.5) is 4.39 Å². The summed E-state index contributed by atoms with van der Waals surface area (Å²) >= 11 is 12.1. The van der Waals surface area contributed by atoms with Gasteiger partial charge in [0.2, 0.25) is 5.89 Å². The molecule has 0 fully saturated rings. The first-order valence-corrected chi connectivity index (χ1v) is 10.3. The number of halogens is 3. The van der Waals surface area contributed by atoms with Crippen LogP contribution in [-0.2, 0) is 13.0 Å². The second-order valence-corrected chi connectivity index (χ2v) is 8.01. The summed E-state index contributed by atoms with van der Waals surface area (Å²) in [4.78, 5) is 19.5. The minimum Gasteiger partial charge on any atom is -0.417 e. The smallest absolute Gasteiger partial charge is 0.309 e. The van der Waals surface area contributed by atoms with E-state index in [-0.39, 0.29) is 23.9 Å². The van der Waals surface area contributed by atoms with Crippen molar-refractivity contribution in [1.29, 1.82) is 0 Å². The number of nitrogens with zero attached hydrogens (tertiary/aromatic N) is 3. The van der Waals surface area contributed by atoms with Crippen molar-refractivity contribution in [3.8, 4) is 0 Å². The van der Waals surface area contributed by atoms with Crippen LogP contribution in [0.5, 0.6) is 0 Å². The summed E-state index contributed by atoms with van der Waals surface area (Å²) in [6.45, 7) is -0.0573. The summed E-state index contributed by atoms with van der Waals surface area (Å²) in [7, 11) is 0. The molecule has 160 valence electrons. The van der Waals surface area contributed by atoms with Gasteiger partial charge in [0.15, 0.2) is 0 Å². The first kappa shape index (κ1) is 20.4. The Balaban J connectivity index is 1.28. The molecule has 0 radical (unpaired) electrons. The average Bonchev–Trinajstić information content (AvgIpc) is 3.38. The molecule has 0 saturated carbocycles. The molecule has 2 aromatic carbocycles. The molecule has 0 aliphatic rings. The molecule has 0 spiro atoms. The van der Waals surface area contributed by atoms with Crippen molar-refractivity contribution in [2.45, 2.75) is 13.0 Å². The second-order valence-electron chi connectivity index (χ2n) is 7.17. The Bertz CT molecular complexity index is 1480. The highest BCUT2D eigenvalue weighted by Crippen LogP contribution is 2.26. The average molecular weight is 470 g/mol. The van der Waals surface area contributed by atoms with Gasteiger partial charge in [-0.15, -0.1) is 10.2 Å². The number of aromatic amines is 1. The Hall–Kier alpha value is -3.49. The van der Waals surface area contributed by atoms with E-state index in [9.17, 15) is 9.18 Å². The number of nitrogens with one attached hydrogen (secondary N) is 2. The van der Waals surface area contributed by atoms with E-state index < -0.39 is 11.7 Å². The van der Waals surface area contributed by atoms with E-state index in [0.29, 0.717) is 27.4 Å². The molecule has 0 atom stereocenters. The van der Waals surface area contributed by atoms with E-state index in [1.165, 1.54) is 6.07 Å². The fourth-order valence-electron chi connectivity index (χ4n) is 3.40. The van der Waals surface area contributed by atoms with Crippen LogP contribution >= 0.6 is 23.2 Å². The van der Waals surface area contributed by atoms with Crippen molar-refractivity contribution in [2.24, 2.45) is 0 Å². The summed E-state index contributed by atoms with van der Waals surface area (Å²) in [6, 6.07) is 10.4. The van der Waals surface area contributed by atoms with Crippen LogP contribution in [0, 0.1) is 5.82 Å². The molecule has 2 N–H and O–H groups in total. The Morgan fingerprint density at radius 3 is 2.91 bits per heavy atom. The maximum Gasteiger partial charge on any atom is 0.309 e. The van der Waals surface area contributed by atoms with Gasteiger partial charge in [0.25, 0.3) is 0 Å². The first-order chi connectivity index (χ1) is 15.5. The molecule has 1 amide bonds. The fourth-order valence-corrected chi connectivity index (χ4v) is 3.77. The van der Waals surface area contributed by atoms with Gasteiger partial charge in [-0.3, -0.25) is 9.78 Å². The van der Waals surface area contributed by atoms with Crippen LogP contribution in [0.2, 0.25) is 10.0 Å². The highest BCUT2D eigenvalue weighted by molar-refractivity contribution is 6.35. The molecule has 3 heterocycles.